The van der Waals surface area contributed by atoms with Gasteiger partial charge in [0, 0.05) is 30.7 Å². The molecule has 1 aliphatic rings. The lowest BCUT2D eigenvalue weighted by Gasteiger charge is -2.22. The van der Waals surface area contributed by atoms with E-state index in [1.165, 1.54) is 18.5 Å². The third-order valence-corrected chi connectivity index (χ3v) is 3.64. The molecule has 0 amide bonds. The number of non-ortho nitro benzene ring substituents is 1. The van der Waals surface area contributed by atoms with Crippen LogP contribution in [0.1, 0.15) is 12.8 Å². The number of nitro groups is 1. The maximum Gasteiger partial charge on any atom is 0.270 e. The molecule has 1 fully saturated rings. The van der Waals surface area contributed by atoms with Crippen molar-refractivity contribution in [2.45, 2.75) is 12.8 Å². The zero-order valence-corrected chi connectivity index (χ0v) is 11.5. The smallest absolute Gasteiger partial charge is 0.270 e. The lowest BCUT2D eigenvalue weighted by atomic mass is 10.0. The lowest BCUT2D eigenvalue weighted by Crippen LogP contribution is -2.24. The number of hydrogen-bond acceptors (Lipinski definition) is 6. The average Bonchev–Trinajstić information content (AvgIpc) is 2.53. The number of rotatable bonds is 4. The highest BCUT2D eigenvalue weighted by Gasteiger charge is 2.15. The summed E-state index contributed by atoms with van der Waals surface area (Å²) in [4.78, 5) is 18.8. The van der Waals surface area contributed by atoms with Crippen molar-refractivity contribution in [2.24, 2.45) is 5.92 Å². The number of hydrogen-bond donors (Lipinski definition) is 1. The fourth-order valence-corrected chi connectivity index (χ4v) is 2.51. The molecule has 0 spiro atoms. The van der Waals surface area contributed by atoms with Gasteiger partial charge in [0.1, 0.15) is 12.1 Å². The zero-order valence-electron chi connectivity index (χ0n) is 11.5. The van der Waals surface area contributed by atoms with Crippen LogP contribution in [0.25, 0.3) is 10.9 Å². The van der Waals surface area contributed by atoms with Crippen LogP contribution < -0.4 is 5.32 Å². The quantitative estimate of drug-likeness (QED) is 0.686. The third-order valence-electron chi connectivity index (χ3n) is 3.64. The number of nitrogens with zero attached hydrogens (tertiary/aromatic N) is 3. The summed E-state index contributed by atoms with van der Waals surface area (Å²) in [7, 11) is 0. The van der Waals surface area contributed by atoms with E-state index in [0.717, 1.165) is 32.6 Å². The van der Waals surface area contributed by atoms with E-state index < -0.39 is 4.92 Å². The van der Waals surface area contributed by atoms with Crippen molar-refractivity contribution in [2.75, 3.05) is 25.1 Å². The summed E-state index contributed by atoms with van der Waals surface area (Å²) in [5.41, 5.74) is 0.736. The van der Waals surface area contributed by atoms with Crippen LogP contribution in [0, 0.1) is 16.0 Å². The number of anilines is 1. The fraction of sp³-hybridized carbons (Fsp3) is 0.429. The highest BCUT2D eigenvalue weighted by atomic mass is 16.6. The van der Waals surface area contributed by atoms with E-state index >= 15 is 0 Å². The molecule has 1 aromatic heterocycles. The summed E-state index contributed by atoms with van der Waals surface area (Å²) in [5, 5.41) is 14.8. The summed E-state index contributed by atoms with van der Waals surface area (Å²) in [5.74, 6) is 1.08. The fourth-order valence-electron chi connectivity index (χ4n) is 2.51. The Labute approximate surface area is 121 Å². The molecule has 0 aliphatic carbocycles. The van der Waals surface area contributed by atoms with Crippen LogP contribution in [0.2, 0.25) is 0 Å². The zero-order chi connectivity index (χ0) is 14.7. The molecule has 0 bridgehead atoms. The highest BCUT2D eigenvalue weighted by molar-refractivity contribution is 5.90. The molecule has 110 valence electrons. The summed E-state index contributed by atoms with van der Waals surface area (Å²) < 4.78 is 5.45. The van der Waals surface area contributed by atoms with Crippen LogP contribution in [-0.2, 0) is 4.74 Å². The molecule has 2 aromatic rings. The van der Waals surface area contributed by atoms with Crippen LogP contribution in [0.5, 0.6) is 0 Å². The first-order valence-electron chi connectivity index (χ1n) is 6.95. The van der Waals surface area contributed by atoms with Gasteiger partial charge < -0.3 is 10.1 Å². The van der Waals surface area contributed by atoms with Crippen LogP contribution in [0.3, 0.4) is 0 Å². The predicted molar refractivity (Wildman–Crippen MR) is 78.2 cm³/mol. The minimum atomic E-state index is -0.412. The number of aromatic nitrogens is 2. The highest BCUT2D eigenvalue weighted by Crippen LogP contribution is 2.25. The predicted octanol–water partition coefficient (Wildman–Crippen LogP) is 2.38. The first kappa shape index (κ1) is 13.7. The Kier molecular flexibility index (Phi) is 3.92. The summed E-state index contributed by atoms with van der Waals surface area (Å²) in [6.45, 7) is 2.32. The van der Waals surface area contributed by atoms with Crippen molar-refractivity contribution >= 4 is 22.4 Å². The molecule has 1 unspecified atom stereocenters. The normalized spacial score (nSPS) is 18.6. The van der Waals surface area contributed by atoms with Gasteiger partial charge in [-0.2, -0.15) is 0 Å². The van der Waals surface area contributed by atoms with Gasteiger partial charge in [-0.25, -0.2) is 9.97 Å². The Morgan fingerprint density at radius 2 is 2.33 bits per heavy atom. The van der Waals surface area contributed by atoms with Crippen molar-refractivity contribution in [3.63, 3.8) is 0 Å². The molecule has 0 saturated carbocycles. The second-order valence-electron chi connectivity index (χ2n) is 5.14. The minimum Gasteiger partial charge on any atom is -0.381 e. The molecule has 1 aromatic carbocycles. The van der Waals surface area contributed by atoms with Crippen LogP contribution in [0.15, 0.2) is 24.5 Å². The van der Waals surface area contributed by atoms with E-state index in [1.54, 1.807) is 6.07 Å². The van der Waals surface area contributed by atoms with Gasteiger partial charge >= 0.3 is 0 Å². The molecule has 1 N–H and O–H groups in total. The molecule has 1 atom stereocenters. The standard InChI is InChI=1S/C14H16N4O3/c19-18(20)11-3-4-13-12(6-11)14(17-9-16-13)15-7-10-2-1-5-21-8-10/h3-4,6,9-10H,1-2,5,7-8H2,(H,15,16,17). The summed E-state index contributed by atoms with van der Waals surface area (Å²) in [6.07, 6.45) is 3.66. The van der Waals surface area contributed by atoms with E-state index in [2.05, 4.69) is 15.3 Å². The van der Waals surface area contributed by atoms with Crippen LogP contribution >= 0.6 is 0 Å². The Bertz CT molecular complexity index is 656. The molecule has 7 nitrogen and oxygen atoms in total. The molecule has 7 heteroatoms. The van der Waals surface area contributed by atoms with E-state index in [0.29, 0.717) is 22.6 Å². The largest absolute Gasteiger partial charge is 0.381 e. The lowest BCUT2D eigenvalue weighted by molar-refractivity contribution is -0.384. The number of ether oxygens (including phenoxy) is 1. The van der Waals surface area contributed by atoms with Gasteiger partial charge in [0.15, 0.2) is 0 Å². The van der Waals surface area contributed by atoms with Crippen molar-refractivity contribution in [3.8, 4) is 0 Å². The molecule has 2 heterocycles. The van der Waals surface area contributed by atoms with Crippen molar-refractivity contribution < 1.29 is 9.66 Å². The van der Waals surface area contributed by atoms with Gasteiger partial charge in [-0.05, 0) is 24.8 Å². The van der Waals surface area contributed by atoms with Crippen LogP contribution in [-0.4, -0.2) is 34.6 Å². The third kappa shape index (κ3) is 3.08. The molecule has 1 aliphatic heterocycles. The number of nitro benzene ring substituents is 1. The Morgan fingerprint density at radius 1 is 1.43 bits per heavy atom. The Hall–Kier alpha value is -2.28. The number of benzene rings is 1. The number of fused-ring (bicyclic) bond motifs is 1. The minimum absolute atomic E-state index is 0.0429. The molecule has 1 saturated heterocycles. The Morgan fingerprint density at radius 3 is 3.10 bits per heavy atom. The molecular formula is C14H16N4O3. The van der Waals surface area contributed by atoms with E-state index in [-0.39, 0.29) is 5.69 Å². The molecule has 3 rings (SSSR count). The summed E-state index contributed by atoms with van der Waals surface area (Å²) >= 11 is 0. The summed E-state index contributed by atoms with van der Waals surface area (Å²) in [6, 6.07) is 4.60. The Balaban J connectivity index is 1.83. The second-order valence-corrected chi connectivity index (χ2v) is 5.14. The first-order chi connectivity index (χ1) is 10.2. The second kappa shape index (κ2) is 6.01. The average molecular weight is 288 g/mol. The first-order valence-corrected chi connectivity index (χ1v) is 6.95. The van der Waals surface area contributed by atoms with Gasteiger partial charge in [0.25, 0.3) is 5.69 Å². The van der Waals surface area contributed by atoms with Gasteiger partial charge in [0.05, 0.1) is 17.0 Å². The molecule has 0 radical (unpaired) electrons. The maximum atomic E-state index is 10.9. The van der Waals surface area contributed by atoms with Gasteiger partial charge in [-0.3, -0.25) is 10.1 Å². The number of nitrogens with one attached hydrogen (secondary N) is 1. The van der Waals surface area contributed by atoms with Crippen molar-refractivity contribution in [1.29, 1.82) is 0 Å². The monoisotopic (exact) mass is 288 g/mol. The van der Waals surface area contributed by atoms with Crippen molar-refractivity contribution in [3.05, 3.63) is 34.6 Å². The molecular weight excluding hydrogens is 272 g/mol. The van der Waals surface area contributed by atoms with E-state index in [9.17, 15) is 10.1 Å². The van der Waals surface area contributed by atoms with Crippen LogP contribution in [0.4, 0.5) is 11.5 Å². The molecule has 21 heavy (non-hydrogen) atoms. The topological polar surface area (TPSA) is 90.2 Å². The van der Waals surface area contributed by atoms with E-state index in [4.69, 9.17) is 4.74 Å². The van der Waals surface area contributed by atoms with Gasteiger partial charge in [-0.1, -0.05) is 0 Å². The van der Waals surface area contributed by atoms with Gasteiger partial charge in [0.2, 0.25) is 0 Å². The SMILES string of the molecule is O=[N+]([O-])c1ccc2ncnc(NCC3CCCOC3)c2c1. The maximum absolute atomic E-state index is 10.9. The van der Waals surface area contributed by atoms with Gasteiger partial charge in [-0.15, -0.1) is 0 Å². The van der Waals surface area contributed by atoms with E-state index in [1.807, 2.05) is 0 Å². The van der Waals surface area contributed by atoms with Crippen molar-refractivity contribution in [1.82, 2.24) is 9.97 Å².